The van der Waals surface area contributed by atoms with E-state index in [0.29, 0.717) is 18.3 Å². The standard InChI is InChI=1S/C14H24N2O3S/c1-11(2)15-9-13-5-6-14(10-16-13)19-7-8-20(17,18)12(3)4/h5-6,10-12,15H,7-9H2,1-4H3. The minimum Gasteiger partial charge on any atom is -0.491 e. The number of pyridine rings is 1. The Labute approximate surface area is 121 Å². The van der Waals surface area contributed by atoms with Crippen molar-refractivity contribution in [3.63, 3.8) is 0 Å². The molecule has 0 atom stereocenters. The fourth-order valence-corrected chi connectivity index (χ4v) is 2.21. The van der Waals surface area contributed by atoms with Gasteiger partial charge in [-0.3, -0.25) is 4.98 Å². The zero-order chi connectivity index (χ0) is 15.2. The van der Waals surface area contributed by atoms with Crippen LogP contribution in [0.1, 0.15) is 33.4 Å². The Balaban J connectivity index is 2.42. The molecule has 0 saturated heterocycles. The Morgan fingerprint density at radius 2 is 1.95 bits per heavy atom. The molecule has 0 spiro atoms. The van der Waals surface area contributed by atoms with E-state index in [1.54, 1.807) is 20.0 Å². The van der Waals surface area contributed by atoms with E-state index < -0.39 is 9.84 Å². The van der Waals surface area contributed by atoms with Gasteiger partial charge in [0.1, 0.15) is 12.4 Å². The average molecular weight is 300 g/mol. The van der Waals surface area contributed by atoms with Gasteiger partial charge in [-0.05, 0) is 26.0 Å². The van der Waals surface area contributed by atoms with E-state index in [9.17, 15) is 8.42 Å². The van der Waals surface area contributed by atoms with Crippen LogP contribution in [0.4, 0.5) is 0 Å². The van der Waals surface area contributed by atoms with E-state index in [-0.39, 0.29) is 17.6 Å². The Morgan fingerprint density at radius 3 is 2.45 bits per heavy atom. The molecule has 0 amide bonds. The number of nitrogens with zero attached hydrogens (tertiary/aromatic N) is 1. The smallest absolute Gasteiger partial charge is 0.155 e. The lowest BCUT2D eigenvalue weighted by atomic mass is 10.3. The van der Waals surface area contributed by atoms with Crippen LogP contribution in [0.15, 0.2) is 18.3 Å². The molecule has 0 aliphatic heterocycles. The molecule has 0 bridgehead atoms. The van der Waals surface area contributed by atoms with Gasteiger partial charge in [-0.15, -0.1) is 0 Å². The van der Waals surface area contributed by atoms with Crippen molar-refractivity contribution in [1.82, 2.24) is 10.3 Å². The van der Waals surface area contributed by atoms with Crippen LogP contribution < -0.4 is 10.1 Å². The minimum absolute atomic E-state index is 0.0291. The average Bonchev–Trinajstić information content (AvgIpc) is 2.37. The van der Waals surface area contributed by atoms with Gasteiger partial charge in [-0.1, -0.05) is 13.8 Å². The molecule has 0 radical (unpaired) electrons. The lowest BCUT2D eigenvalue weighted by Gasteiger charge is -2.10. The molecule has 1 aromatic rings. The highest BCUT2D eigenvalue weighted by molar-refractivity contribution is 7.91. The van der Waals surface area contributed by atoms with E-state index in [4.69, 9.17) is 4.74 Å². The Morgan fingerprint density at radius 1 is 1.25 bits per heavy atom. The zero-order valence-corrected chi connectivity index (χ0v) is 13.4. The van der Waals surface area contributed by atoms with Gasteiger partial charge in [0.05, 0.1) is 22.9 Å². The molecular formula is C14H24N2O3S. The third-order valence-corrected chi connectivity index (χ3v) is 5.02. The monoisotopic (exact) mass is 300 g/mol. The predicted molar refractivity (Wildman–Crippen MR) is 80.6 cm³/mol. The zero-order valence-electron chi connectivity index (χ0n) is 12.6. The van der Waals surface area contributed by atoms with Crippen molar-refractivity contribution in [2.24, 2.45) is 0 Å². The van der Waals surface area contributed by atoms with Gasteiger partial charge in [0.2, 0.25) is 0 Å². The van der Waals surface area contributed by atoms with Crippen molar-refractivity contribution in [1.29, 1.82) is 0 Å². The number of aromatic nitrogens is 1. The summed E-state index contributed by atoms with van der Waals surface area (Å²) < 4.78 is 28.7. The number of nitrogens with one attached hydrogen (secondary N) is 1. The predicted octanol–water partition coefficient (Wildman–Crippen LogP) is 1.78. The summed E-state index contributed by atoms with van der Waals surface area (Å²) in [5.41, 5.74) is 0.931. The Hall–Kier alpha value is -1.14. The Kier molecular flexibility index (Phi) is 6.42. The largest absolute Gasteiger partial charge is 0.491 e. The maximum absolute atomic E-state index is 11.6. The highest BCUT2D eigenvalue weighted by Crippen LogP contribution is 2.10. The summed E-state index contributed by atoms with van der Waals surface area (Å²) in [7, 11) is -3.05. The highest BCUT2D eigenvalue weighted by Gasteiger charge is 2.15. The second kappa shape index (κ2) is 7.59. The van der Waals surface area contributed by atoms with Crippen molar-refractivity contribution >= 4 is 9.84 Å². The first-order chi connectivity index (χ1) is 9.31. The van der Waals surface area contributed by atoms with Gasteiger partial charge in [0, 0.05) is 12.6 Å². The number of hydrogen-bond acceptors (Lipinski definition) is 5. The fraction of sp³-hybridized carbons (Fsp3) is 0.643. The molecule has 0 saturated carbocycles. The van der Waals surface area contributed by atoms with Crippen molar-refractivity contribution < 1.29 is 13.2 Å². The molecule has 0 aromatic carbocycles. The quantitative estimate of drug-likeness (QED) is 0.792. The molecule has 0 aliphatic rings. The maximum Gasteiger partial charge on any atom is 0.155 e. The van der Waals surface area contributed by atoms with E-state index in [2.05, 4.69) is 24.1 Å². The van der Waals surface area contributed by atoms with Gasteiger partial charge >= 0.3 is 0 Å². The molecule has 0 unspecified atom stereocenters. The summed E-state index contributed by atoms with van der Waals surface area (Å²) in [5.74, 6) is 0.624. The van der Waals surface area contributed by atoms with Crippen molar-refractivity contribution in [3.8, 4) is 5.75 Å². The second-order valence-corrected chi connectivity index (χ2v) is 7.96. The summed E-state index contributed by atoms with van der Waals surface area (Å²) >= 11 is 0. The van der Waals surface area contributed by atoms with E-state index in [0.717, 1.165) is 5.69 Å². The number of hydrogen-bond donors (Lipinski definition) is 1. The number of rotatable bonds is 8. The van der Waals surface area contributed by atoms with Crippen LogP contribution >= 0.6 is 0 Å². The molecule has 1 aromatic heterocycles. The maximum atomic E-state index is 11.6. The van der Waals surface area contributed by atoms with E-state index in [1.165, 1.54) is 0 Å². The van der Waals surface area contributed by atoms with Gasteiger partial charge in [-0.2, -0.15) is 0 Å². The lowest BCUT2D eigenvalue weighted by molar-refractivity contribution is 0.339. The van der Waals surface area contributed by atoms with Gasteiger partial charge < -0.3 is 10.1 Å². The van der Waals surface area contributed by atoms with Crippen LogP contribution in [0.25, 0.3) is 0 Å². The summed E-state index contributed by atoms with van der Waals surface area (Å²) in [5, 5.41) is 2.91. The highest BCUT2D eigenvalue weighted by atomic mass is 32.2. The first-order valence-corrected chi connectivity index (χ1v) is 8.55. The summed E-state index contributed by atoms with van der Waals surface area (Å²) in [6.07, 6.45) is 1.62. The molecule has 0 fully saturated rings. The molecule has 1 rings (SSSR count). The van der Waals surface area contributed by atoms with Crippen LogP contribution in [-0.2, 0) is 16.4 Å². The van der Waals surface area contributed by atoms with Gasteiger partial charge in [-0.25, -0.2) is 8.42 Å². The topological polar surface area (TPSA) is 68.3 Å². The number of ether oxygens (including phenoxy) is 1. The fourth-order valence-electron chi connectivity index (χ4n) is 1.42. The van der Waals surface area contributed by atoms with Crippen LogP contribution in [0, 0.1) is 0 Å². The van der Waals surface area contributed by atoms with Crippen molar-refractivity contribution in [3.05, 3.63) is 24.0 Å². The van der Waals surface area contributed by atoms with Crippen LogP contribution in [-0.4, -0.2) is 37.1 Å². The van der Waals surface area contributed by atoms with Crippen LogP contribution in [0.5, 0.6) is 5.75 Å². The molecule has 1 N–H and O–H groups in total. The van der Waals surface area contributed by atoms with Crippen LogP contribution in [0.3, 0.4) is 0 Å². The third-order valence-electron chi connectivity index (χ3n) is 2.84. The molecule has 114 valence electrons. The summed E-state index contributed by atoms with van der Waals surface area (Å²) in [4.78, 5) is 4.26. The van der Waals surface area contributed by atoms with Gasteiger partial charge in [0.25, 0.3) is 0 Å². The Bertz CT molecular complexity index is 496. The molecule has 20 heavy (non-hydrogen) atoms. The molecule has 5 nitrogen and oxygen atoms in total. The third kappa shape index (κ3) is 5.88. The van der Waals surface area contributed by atoms with E-state index >= 15 is 0 Å². The first kappa shape index (κ1) is 16.9. The lowest BCUT2D eigenvalue weighted by Crippen LogP contribution is -2.22. The molecule has 6 heteroatoms. The normalized spacial score (nSPS) is 12.1. The first-order valence-electron chi connectivity index (χ1n) is 6.84. The summed E-state index contributed by atoms with van der Waals surface area (Å²) in [6, 6.07) is 4.10. The van der Waals surface area contributed by atoms with Crippen molar-refractivity contribution in [2.45, 2.75) is 45.5 Å². The van der Waals surface area contributed by atoms with E-state index in [1.807, 2.05) is 12.1 Å². The van der Waals surface area contributed by atoms with Gasteiger partial charge in [0.15, 0.2) is 9.84 Å². The van der Waals surface area contributed by atoms with Crippen molar-refractivity contribution in [2.75, 3.05) is 12.4 Å². The summed E-state index contributed by atoms with van der Waals surface area (Å²) in [6.45, 7) is 8.37. The molecule has 1 heterocycles. The number of sulfone groups is 1. The molecular weight excluding hydrogens is 276 g/mol. The minimum atomic E-state index is -3.05. The second-order valence-electron chi connectivity index (χ2n) is 5.29. The molecule has 0 aliphatic carbocycles. The SMILES string of the molecule is CC(C)NCc1ccc(OCCS(=O)(=O)C(C)C)cn1. The van der Waals surface area contributed by atoms with Crippen LogP contribution in [0.2, 0.25) is 0 Å².